The summed E-state index contributed by atoms with van der Waals surface area (Å²) in [6.45, 7) is 9.78. The molecule has 0 unspecified atom stereocenters. The smallest absolute Gasteiger partial charge is 0.223 e. The lowest BCUT2D eigenvalue weighted by Crippen LogP contribution is -2.39. The van der Waals surface area contributed by atoms with Gasteiger partial charge in [0.05, 0.1) is 75.4 Å². The van der Waals surface area contributed by atoms with Crippen molar-refractivity contribution in [2.24, 2.45) is 0 Å². The molecule has 0 radical (unpaired) electrons. The van der Waals surface area contributed by atoms with Gasteiger partial charge in [0.25, 0.3) is 0 Å². The van der Waals surface area contributed by atoms with Crippen molar-refractivity contribution in [3.8, 4) is 0 Å². The molecular formula is C36H46N6O10S3. The van der Waals surface area contributed by atoms with Crippen LogP contribution in [0.15, 0.2) is 69.3 Å². The lowest BCUT2D eigenvalue weighted by atomic mass is 10.2. The predicted octanol–water partition coefficient (Wildman–Crippen LogP) is 1.79. The lowest BCUT2D eigenvalue weighted by Gasteiger charge is -2.32. The molecule has 19 heteroatoms. The largest absolute Gasteiger partial charge is 0.399 e. The van der Waals surface area contributed by atoms with Crippen LogP contribution in [-0.4, -0.2) is 127 Å². The van der Waals surface area contributed by atoms with E-state index in [4.69, 9.17) is 15.2 Å². The Bertz CT molecular complexity index is 2270. The van der Waals surface area contributed by atoms with Gasteiger partial charge < -0.3 is 40.1 Å². The van der Waals surface area contributed by atoms with E-state index in [9.17, 15) is 34.8 Å². The molecule has 3 N–H and O–H groups in total. The molecule has 5 aliphatic rings. The monoisotopic (exact) mass is 818 g/mol. The highest BCUT2D eigenvalue weighted by molar-refractivity contribution is 7.92. The van der Waals surface area contributed by atoms with E-state index in [-0.39, 0.29) is 52.0 Å². The Balaban J connectivity index is 0.000000142. The van der Waals surface area contributed by atoms with Crippen molar-refractivity contribution in [2.75, 3.05) is 120 Å². The number of anilines is 6. The molecule has 0 bridgehead atoms. The van der Waals surface area contributed by atoms with Crippen LogP contribution < -0.4 is 30.7 Å². The normalized spacial score (nSPS) is 20.5. The van der Waals surface area contributed by atoms with Gasteiger partial charge in [0.2, 0.25) is 11.8 Å². The van der Waals surface area contributed by atoms with E-state index in [0.717, 1.165) is 56.5 Å². The van der Waals surface area contributed by atoms with Crippen molar-refractivity contribution >= 4 is 75.5 Å². The molecular weight excluding hydrogens is 773 g/mol. The maximum absolute atomic E-state index is 12.2. The van der Waals surface area contributed by atoms with Crippen molar-refractivity contribution < 1.29 is 44.3 Å². The minimum atomic E-state index is -3.29. The molecule has 298 valence electrons. The van der Waals surface area contributed by atoms with Gasteiger partial charge in [0, 0.05) is 76.7 Å². The molecule has 0 spiro atoms. The number of carbonyl (C=O) groups excluding carboxylic acids is 2. The lowest BCUT2D eigenvalue weighted by molar-refractivity contribution is -0.117. The fraction of sp³-hybridized carbons (Fsp3) is 0.444. The number of hydrogen-bond acceptors (Lipinski definition) is 14. The number of carbonyl (C=O) groups is 2. The van der Waals surface area contributed by atoms with Gasteiger partial charge in [-0.3, -0.25) is 9.59 Å². The number of ether oxygens (including phenoxy) is 2. The first-order chi connectivity index (χ1) is 26.1. The van der Waals surface area contributed by atoms with E-state index in [1.807, 2.05) is 18.2 Å². The highest BCUT2D eigenvalue weighted by atomic mass is 32.2. The topological polar surface area (TPSA) is 206 Å². The first-order valence-electron chi connectivity index (χ1n) is 17.9. The molecule has 2 saturated heterocycles. The van der Waals surface area contributed by atoms with Gasteiger partial charge in [-0.25, -0.2) is 25.3 Å². The van der Waals surface area contributed by atoms with E-state index in [0.29, 0.717) is 41.7 Å². The summed E-state index contributed by atoms with van der Waals surface area (Å²) in [7, 11) is -9.66. The van der Waals surface area contributed by atoms with Crippen molar-refractivity contribution in [1.82, 2.24) is 0 Å². The number of hydrogen-bond donors (Lipinski definition) is 2. The van der Waals surface area contributed by atoms with Crippen LogP contribution in [-0.2, 0) is 48.6 Å². The summed E-state index contributed by atoms with van der Waals surface area (Å²) >= 11 is 0. The van der Waals surface area contributed by atoms with E-state index >= 15 is 0 Å². The van der Waals surface area contributed by atoms with Crippen LogP contribution in [0, 0.1) is 0 Å². The summed E-state index contributed by atoms with van der Waals surface area (Å²) in [4.78, 5) is 31.3. The van der Waals surface area contributed by atoms with Crippen LogP contribution in [0.3, 0.4) is 0 Å². The second-order valence-electron chi connectivity index (χ2n) is 13.5. The number of nitrogens with zero attached hydrogens (tertiary/aromatic N) is 4. The van der Waals surface area contributed by atoms with Gasteiger partial charge in [0.15, 0.2) is 29.5 Å². The van der Waals surface area contributed by atoms with Crippen molar-refractivity contribution in [2.45, 2.75) is 28.5 Å². The van der Waals surface area contributed by atoms with Crippen LogP contribution in [0.5, 0.6) is 0 Å². The second kappa shape index (κ2) is 16.4. The van der Waals surface area contributed by atoms with Gasteiger partial charge >= 0.3 is 0 Å². The quantitative estimate of drug-likeness (QED) is 0.354. The van der Waals surface area contributed by atoms with Gasteiger partial charge in [-0.2, -0.15) is 0 Å². The van der Waals surface area contributed by atoms with Crippen LogP contribution in [0.25, 0.3) is 0 Å². The standard InChI is InChI=1S/C14H18N2O4S.C12H16N2O3S.C10H12N2O3S/c1-11(17)16-6-9-21(18,19)14-3-2-12(10-13(14)16)15-4-7-20-8-5-15;15-18(16)8-3-13-11-9-10(1-2-12(11)18)14-4-6-17-7-5-14;1-7(13)12-4-5-16(14,15)10-3-2-8(11)6-9(10)12/h2-3,10H,4-9H2,1H3;1-2,9,13H,3-8H2;2-3,6H,4-5,11H2,1H3. The Hall–Kier alpha value is -4.43. The molecule has 3 aromatic carbocycles. The number of morpholine rings is 2. The maximum atomic E-state index is 12.2. The molecule has 0 aromatic heterocycles. The second-order valence-corrected chi connectivity index (χ2v) is 19.7. The molecule has 2 amide bonds. The number of nitrogen functional groups attached to an aromatic ring is 1. The number of nitrogens with one attached hydrogen (secondary N) is 1. The Morgan fingerprint density at radius 1 is 0.582 bits per heavy atom. The highest BCUT2D eigenvalue weighted by Gasteiger charge is 2.32. The highest BCUT2D eigenvalue weighted by Crippen LogP contribution is 2.35. The molecule has 0 atom stereocenters. The van der Waals surface area contributed by atoms with Gasteiger partial charge in [0.1, 0.15) is 0 Å². The molecule has 3 aromatic rings. The number of benzene rings is 3. The molecule has 0 aliphatic carbocycles. The van der Waals surface area contributed by atoms with E-state index < -0.39 is 29.5 Å². The predicted molar refractivity (Wildman–Crippen MR) is 211 cm³/mol. The Kier molecular flexibility index (Phi) is 12.0. The molecule has 2 fully saturated rings. The Morgan fingerprint density at radius 2 is 1.02 bits per heavy atom. The molecule has 0 saturated carbocycles. The zero-order valence-corrected chi connectivity index (χ0v) is 33.2. The van der Waals surface area contributed by atoms with Crippen LogP contribution >= 0.6 is 0 Å². The summed E-state index contributed by atoms with van der Waals surface area (Å²) in [5, 5.41) is 3.16. The zero-order valence-electron chi connectivity index (χ0n) is 30.8. The Morgan fingerprint density at radius 3 is 1.53 bits per heavy atom. The fourth-order valence-electron chi connectivity index (χ4n) is 6.92. The van der Waals surface area contributed by atoms with Crippen LogP contribution in [0.2, 0.25) is 0 Å². The minimum absolute atomic E-state index is 0.0174. The summed E-state index contributed by atoms with van der Waals surface area (Å²) in [6, 6.07) is 15.3. The van der Waals surface area contributed by atoms with Crippen molar-refractivity contribution in [3.63, 3.8) is 0 Å². The van der Waals surface area contributed by atoms with Gasteiger partial charge in [-0.05, 0) is 54.6 Å². The molecule has 5 aliphatic heterocycles. The van der Waals surface area contributed by atoms with E-state index in [1.165, 1.54) is 36.9 Å². The van der Waals surface area contributed by atoms with Crippen molar-refractivity contribution in [1.29, 1.82) is 0 Å². The zero-order chi connectivity index (χ0) is 39.5. The summed E-state index contributed by atoms with van der Waals surface area (Å²) in [6.07, 6.45) is 0. The SMILES string of the molecule is CC(=O)N1CCS(=O)(=O)c2ccc(N)cc21.CC(=O)N1CCS(=O)(=O)c2ccc(N3CCOCC3)cc21.O=S1(=O)CCNc2cc(N3CCOCC3)ccc21. The first-order valence-corrected chi connectivity index (χ1v) is 22.8. The summed E-state index contributed by atoms with van der Waals surface area (Å²) < 4.78 is 82.3. The molecule has 8 rings (SSSR count). The number of nitrogens with two attached hydrogens (primary N) is 1. The van der Waals surface area contributed by atoms with Crippen molar-refractivity contribution in [3.05, 3.63) is 54.6 Å². The maximum Gasteiger partial charge on any atom is 0.223 e. The fourth-order valence-corrected chi connectivity index (χ4v) is 11.1. The van der Waals surface area contributed by atoms with Gasteiger partial charge in [-0.1, -0.05) is 0 Å². The minimum Gasteiger partial charge on any atom is -0.399 e. The first kappa shape index (κ1) is 40.2. The van der Waals surface area contributed by atoms with E-state index in [1.54, 1.807) is 23.1 Å². The number of fused-ring (bicyclic) bond motifs is 3. The molecule has 5 heterocycles. The summed E-state index contributed by atoms with van der Waals surface area (Å²) in [5.41, 5.74) is 9.65. The third-order valence-corrected chi connectivity index (χ3v) is 15.1. The number of sulfone groups is 3. The summed E-state index contributed by atoms with van der Waals surface area (Å²) in [5.74, 6) is -0.191. The average Bonchev–Trinajstić information content (AvgIpc) is 3.15. The third kappa shape index (κ3) is 9.01. The number of rotatable bonds is 2. The van der Waals surface area contributed by atoms with E-state index in [2.05, 4.69) is 15.1 Å². The van der Waals surface area contributed by atoms with Crippen LogP contribution in [0.4, 0.5) is 34.1 Å². The third-order valence-electron chi connectivity index (χ3n) is 9.84. The molecule has 55 heavy (non-hydrogen) atoms. The van der Waals surface area contributed by atoms with Gasteiger partial charge in [-0.15, -0.1) is 0 Å². The van der Waals surface area contributed by atoms with Crippen LogP contribution in [0.1, 0.15) is 13.8 Å². The Labute approximate surface area is 321 Å². The average molecular weight is 819 g/mol. The number of amides is 2. The molecule has 16 nitrogen and oxygen atoms in total.